The highest BCUT2D eigenvalue weighted by molar-refractivity contribution is 6.16. The Morgan fingerprint density at radius 1 is 0.365 bits per heavy atom. The van der Waals surface area contributed by atoms with E-state index in [4.69, 9.17) is 8.83 Å². The van der Waals surface area contributed by atoms with Crippen LogP contribution in [0.2, 0.25) is 0 Å². The molecular formula is C48H30N2O2. The van der Waals surface area contributed by atoms with Gasteiger partial charge in [-0.3, -0.25) is 0 Å². The van der Waals surface area contributed by atoms with Crippen LogP contribution >= 0.6 is 0 Å². The van der Waals surface area contributed by atoms with Crippen molar-refractivity contribution in [3.63, 3.8) is 0 Å². The van der Waals surface area contributed by atoms with Crippen molar-refractivity contribution in [1.29, 1.82) is 0 Å². The van der Waals surface area contributed by atoms with Gasteiger partial charge in [-0.25, -0.2) is 0 Å². The van der Waals surface area contributed by atoms with Gasteiger partial charge in [0.05, 0.1) is 22.1 Å². The molecule has 8 aromatic carbocycles. The van der Waals surface area contributed by atoms with Gasteiger partial charge in [-0.1, -0.05) is 103 Å². The van der Waals surface area contributed by atoms with E-state index in [9.17, 15) is 0 Å². The number of fused-ring (bicyclic) bond motifs is 9. The van der Waals surface area contributed by atoms with Crippen LogP contribution in [0.25, 0.3) is 82.5 Å². The second-order valence-electron chi connectivity index (χ2n) is 13.3. The van der Waals surface area contributed by atoms with Crippen molar-refractivity contribution < 1.29 is 8.83 Å². The lowest BCUT2D eigenvalue weighted by Crippen LogP contribution is -2.10. The van der Waals surface area contributed by atoms with Gasteiger partial charge in [-0.2, -0.15) is 0 Å². The van der Waals surface area contributed by atoms with Crippen LogP contribution in [0.1, 0.15) is 0 Å². The molecule has 11 rings (SSSR count). The smallest absolute Gasteiger partial charge is 0.137 e. The van der Waals surface area contributed by atoms with Crippen LogP contribution in [-0.2, 0) is 0 Å². The van der Waals surface area contributed by atoms with Gasteiger partial charge in [-0.15, -0.1) is 0 Å². The predicted molar refractivity (Wildman–Crippen MR) is 215 cm³/mol. The fraction of sp³-hybridized carbons (Fsp3) is 0. The Kier molecular flexibility index (Phi) is 6.22. The van der Waals surface area contributed by atoms with Gasteiger partial charge in [0.2, 0.25) is 0 Å². The Morgan fingerprint density at radius 2 is 1.00 bits per heavy atom. The topological polar surface area (TPSA) is 34.5 Å². The van der Waals surface area contributed by atoms with Crippen LogP contribution < -0.4 is 4.90 Å². The Labute approximate surface area is 299 Å². The number of hydrogen-bond acceptors (Lipinski definition) is 3. The average molecular weight is 667 g/mol. The zero-order valence-electron chi connectivity index (χ0n) is 28.0. The molecule has 52 heavy (non-hydrogen) atoms. The van der Waals surface area contributed by atoms with E-state index < -0.39 is 0 Å². The zero-order chi connectivity index (χ0) is 34.2. The standard InChI is InChI=1S/C48H30N2O2/c1-3-12-31(13-4-1)32-22-25-36-39-29-34(23-26-41(39)50(43(36)28-32)33-14-5-2-6-15-33)49(35-24-27-46-40(30-35)37-16-7-9-19-44(37)51-46)42-18-11-21-47-48(42)38-17-8-10-20-45(38)52-47/h1-30H. The fourth-order valence-corrected chi connectivity index (χ4v) is 8.04. The van der Waals surface area contributed by atoms with Gasteiger partial charge in [0.1, 0.15) is 22.3 Å². The largest absolute Gasteiger partial charge is 0.456 e. The number of anilines is 3. The van der Waals surface area contributed by atoms with Crippen molar-refractivity contribution in [3.8, 4) is 16.8 Å². The lowest BCUT2D eigenvalue weighted by Gasteiger charge is -2.26. The molecule has 0 atom stereocenters. The highest BCUT2D eigenvalue weighted by Crippen LogP contribution is 2.46. The molecule has 0 fully saturated rings. The van der Waals surface area contributed by atoms with Crippen LogP contribution in [-0.4, -0.2) is 4.57 Å². The summed E-state index contributed by atoms with van der Waals surface area (Å²) in [4.78, 5) is 2.37. The summed E-state index contributed by atoms with van der Waals surface area (Å²) in [5.41, 5.74) is 12.5. The third-order valence-corrected chi connectivity index (χ3v) is 10.4. The van der Waals surface area contributed by atoms with Gasteiger partial charge < -0.3 is 18.3 Å². The molecule has 244 valence electrons. The second-order valence-corrected chi connectivity index (χ2v) is 13.3. The molecule has 4 heteroatoms. The van der Waals surface area contributed by atoms with E-state index in [1.54, 1.807) is 0 Å². The normalized spacial score (nSPS) is 11.8. The number of furan rings is 2. The van der Waals surface area contributed by atoms with Gasteiger partial charge in [0.15, 0.2) is 0 Å². The Bertz CT molecular complexity index is 3130. The zero-order valence-corrected chi connectivity index (χ0v) is 28.0. The lowest BCUT2D eigenvalue weighted by atomic mass is 10.0. The Balaban J connectivity index is 1.20. The molecule has 0 aliphatic rings. The summed E-state index contributed by atoms with van der Waals surface area (Å²) < 4.78 is 15.1. The summed E-state index contributed by atoms with van der Waals surface area (Å²) in [5.74, 6) is 0. The summed E-state index contributed by atoms with van der Waals surface area (Å²) in [6.07, 6.45) is 0. The number of nitrogens with zero attached hydrogens (tertiary/aromatic N) is 2. The van der Waals surface area contributed by atoms with Crippen LogP contribution in [0.15, 0.2) is 191 Å². The molecule has 0 saturated heterocycles. The number of hydrogen-bond donors (Lipinski definition) is 0. The second kappa shape index (κ2) is 11.2. The minimum absolute atomic E-state index is 0.855. The first-order valence-electron chi connectivity index (χ1n) is 17.6. The third-order valence-electron chi connectivity index (χ3n) is 10.4. The average Bonchev–Trinajstić information content (AvgIpc) is 3.88. The van der Waals surface area contributed by atoms with Gasteiger partial charge in [0, 0.05) is 44.0 Å². The molecule has 0 bridgehead atoms. The summed E-state index contributed by atoms with van der Waals surface area (Å²) in [5, 5.41) is 6.72. The molecule has 0 spiro atoms. The molecule has 3 heterocycles. The lowest BCUT2D eigenvalue weighted by molar-refractivity contribution is 0.668. The molecule has 0 aliphatic carbocycles. The summed E-state index contributed by atoms with van der Waals surface area (Å²) in [6, 6.07) is 64.4. The van der Waals surface area contributed by atoms with Gasteiger partial charge in [0.25, 0.3) is 0 Å². The maximum absolute atomic E-state index is 6.41. The van der Waals surface area contributed by atoms with E-state index >= 15 is 0 Å². The fourth-order valence-electron chi connectivity index (χ4n) is 8.04. The quantitative estimate of drug-likeness (QED) is 0.183. The first kappa shape index (κ1) is 28.8. The maximum atomic E-state index is 6.41. The van der Waals surface area contributed by atoms with Crippen LogP contribution in [0.3, 0.4) is 0 Å². The van der Waals surface area contributed by atoms with Gasteiger partial charge in [-0.05, 0) is 90.0 Å². The number of para-hydroxylation sites is 3. The van der Waals surface area contributed by atoms with Crippen molar-refractivity contribution in [2.75, 3.05) is 4.90 Å². The first-order valence-corrected chi connectivity index (χ1v) is 17.6. The van der Waals surface area contributed by atoms with Crippen molar-refractivity contribution in [1.82, 2.24) is 4.57 Å². The number of rotatable bonds is 5. The molecule has 0 radical (unpaired) electrons. The molecule has 0 unspecified atom stereocenters. The molecule has 0 amide bonds. The first-order chi connectivity index (χ1) is 25.8. The van der Waals surface area contributed by atoms with E-state index in [0.717, 1.165) is 72.1 Å². The van der Waals surface area contributed by atoms with Crippen LogP contribution in [0.4, 0.5) is 17.1 Å². The molecule has 11 aromatic rings. The molecule has 3 aromatic heterocycles. The van der Waals surface area contributed by atoms with E-state index in [1.165, 1.54) is 27.4 Å². The van der Waals surface area contributed by atoms with E-state index in [0.29, 0.717) is 0 Å². The minimum atomic E-state index is 0.855. The molecule has 0 saturated carbocycles. The van der Waals surface area contributed by atoms with Gasteiger partial charge >= 0.3 is 0 Å². The Morgan fingerprint density at radius 3 is 1.83 bits per heavy atom. The van der Waals surface area contributed by atoms with Crippen LogP contribution in [0, 0.1) is 0 Å². The Hall–Kier alpha value is -7.04. The predicted octanol–water partition coefficient (Wildman–Crippen LogP) is 13.7. The van der Waals surface area contributed by atoms with E-state index in [-0.39, 0.29) is 0 Å². The molecule has 4 nitrogen and oxygen atoms in total. The number of benzene rings is 8. The van der Waals surface area contributed by atoms with Crippen LogP contribution in [0.5, 0.6) is 0 Å². The summed E-state index contributed by atoms with van der Waals surface area (Å²) in [6.45, 7) is 0. The van der Waals surface area contributed by atoms with Crippen molar-refractivity contribution in [2.45, 2.75) is 0 Å². The monoisotopic (exact) mass is 666 g/mol. The van der Waals surface area contributed by atoms with E-state index in [1.807, 2.05) is 24.3 Å². The van der Waals surface area contributed by atoms with Crippen molar-refractivity contribution in [2.24, 2.45) is 0 Å². The maximum Gasteiger partial charge on any atom is 0.137 e. The third kappa shape index (κ3) is 4.34. The molecule has 0 aliphatic heterocycles. The van der Waals surface area contributed by atoms with Crippen molar-refractivity contribution >= 4 is 82.7 Å². The highest BCUT2D eigenvalue weighted by Gasteiger charge is 2.22. The van der Waals surface area contributed by atoms with E-state index in [2.05, 4.69) is 167 Å². The highest BCUT2D eigenvalue weighted by atomic mass is 16.3. The van der Waals surface area contributed by atoms with Crippen molar-refractivity contribution in [3.05, 3.63) is 182 Å². The molecular weight excluding hydrogens is 637 g/mol. The summed E-state index contributed by atoms with van der Waals surface area (Å²) in [7, 11) is 0. The SMILES string of the molecule is c1ccc(-c2ccc3c4cc(N(c5ccc6oc7ccccc7c6c5)c5cccc6oc7ccccc7c56)ccc4n(-c4ccccc4)c3c2)cc1. The summed E-state index contributed by atoms with van der Waals surface area (Å²) >= 11 is 0. The molecule has 0 N–H and O–H groups in total. The number of aromatic nitrogens is 1. The minimum Gasteiger partial charge on any atom is -0.456 e.